The molecule has 1 atom stereocenters. The first kappa shape index (κ1) is 26.4. The highest BCUT2D eigenvalue weighted by molar-refractivity contribution is 5.85. The average Bonchev–Trinajstić information content (AvgIpc) is 3.16. The van der Waals surface area contributed by atoms with Crippen molar-refractivity contribution in [1.82, 2.24) is 14.9 Å². The van der Waals surface area contributed by atoms with Crippen LogP contribution in [0.4, 0.5) is 4.39 Å². The van der Waals surface area contributed by atoms with Crippen LogP contribution in [0, 0.1) is 5.82 Å². The normalized spacial score (nSPS) is 11.0. The molecule has 0 aliphatic rings. The highest BCUT2D eigenvalue weighted by Gasteiger charge is 2.15. The van der Waals surface area contributed by atoms with E-state index in [1.807, 2.05) is 29.0 Å². The van der Waals surface area contributed by atoms with E-state index in [1.165, 1.54) is 17.7 Å². The molecule has 0 saturated heterocycles. The van der Waals surface area contributed by atoms with Gasteiger partial charge in [-0.3, -0.25) is 4.79 Å². The molecule has 0 unspecified atom stereocenters. The molecule has 1 aromatic heterocycles. The lowest BCUT2D eigenvalue weighted by atomic mass is 10.1. The first-order valence-electron chi connectivity index (χ1n) is 9.56. The molecule has 0 saturated carbocycles. The van der Waals surface area contributed by atoms with Gasteiger partial charge in [0.25, 0.3) is 0 Å². The van der Waals surface area contributed by atoms with Crippen molar-refractivity contribution in [1.29, 1.82) is 0 Å². The Kier molecular flexibility index (Phi) is 11.6. The van der Waals surface area contributed by atoms with Gasteiger partial charge in [0.2, 0.25) is 5.91 Å². The van der Waals surface area contributed by atoms with Crippen molar-refractivity contribution in [2.24, 2.45) is 5.73 Å². The van der Waals surface area contributed by atoms with Gasteiger partial charge in [0.1, 0.15) is 11.6 Å². The van der Waals surface area contributed by atoms with Crippen LogP contribution in [0.2, 0.25) is 0 Å². The highest BCUT2D eigenvalue weighted by atomic mass is 35.5. The average molecular weight is 469 g/mol. The number of nitrogens with zero attached hydrogens (tertiary/aromatic N) is 2. The van der Waals surface area contributed by atoms with Gasteiger partial charge in [-0.1, -0.05) is 30.3 Å². The van der Waals surface area contributed by atoms with Crippen LogP contribution in [0.5, 0.6) is 5.75 Å². The SMILES string of the molecule is Cl.Cl.N[C@@H](Cc1cn(Cc2ccccc2)cn1)C(=O)NCCCOc1ccc(F)cc1. The number of imidazole rings is 1. The van der Waals surface area contributed by atoms with E-state index in [0.717, 1.165) is 12.2 Å². The summed E-state index contributed by atoms with van der Waals surface area (Å²) in [6, 6.07) is 15.3. The molecule has 1 amide bonds. The third kappa shape index (κ3) is 8.96. The van der Waals surface area contributed by atoms with Crippen molar-refractivity contribution in [3.8, 4) is 5.75 Å². The number of nitrogens with two attached hydrogens (primary N) is 1. The smallest absolute Gasteiger partial charge is 0.237 e. The molecule has 6 nitrogen and oxygen atoms in total. The van der Waals surface area contributed by atoms with Crippen LogP contribution >= 0.6 is 24.8 Å². The number of rotatable bonds is 10. The van der Waals surface area contributed by atoms with Crippen LogP contribution in [0.15, 0.2) is 67.1 Å². The fraction of sp³-hybridized carbons (Fsp3) is 0.273. The van der Waals surface area contributed by atoms with Gasteiger partial charge in [0.15, 0.2) is 0 Å². The summed E-state index contributed by atoms with van der Waals surface area (Å²) in [4.78, 5) is 16.5. The largest absolute Gasteiger partial charge is 0.494 e. The summed E-state index contributed by atoms with van der Waals surface area (Å²) in [6.07, 6.45) is 4.66. The minimum Gasteiger partial charge on any atom is -0.494 e. The number of hydrogen-bond donors (Lipinski definition) is 2. The summed E-state index contributed by atoms with van der Waals surface area (Å²) in [5, 5.41) is 2.81. The van der Waals surface area contributed by atoms with Crippen LogP contribution in [0.3, 0.4) is 0 Å². The Morgan fingerprint density at radius 3 is 2.55 bits per heavy atom. The zero-order valence-corrected chi connectivity index (χ0v) is 18.6. The molecule has 0 aliphatic heterocycles. The van der Waals surface area contributed by atoms with Crippen molar-refractivity contribution in [3.05, 3.63) is 84.2 Å². The first-order valence-corrected chi connectivity index (χ1v) is 9.56. The molecule has 0 radical (unpaired) electrons. The van der Waals surface area contributed by atoms with Crippen LogP contribution < -0.4 is 15.8 Å². The topological polar surface area (TPSA) is 82.2 Å². The number of amides is 1. The van der Waals surface area contributed by atoms with Crippen LogP contribution in [-0.2, 0) is 17.8 Å². The number of hydrogen-bond acceptors (Lipinski definition) is 4. The zero-order valence-electron chi connectivity index (χ0n) is 16.9. The Morgan fingerprint density at radius 2 is 1.84 bits per heavy atom. The number of carbonyl (C=O) groups excluding carboxylic acids is 1. The Bertz CT molecular complexity index is 907. The summed E-state index contributed by atoms with van der Waals surface area (Å²) in [7, 11) is 0. The third-order valence-corrected chi connectivity index (χ3v) is 4.36. The van der Waals surface area contributed by atoms with Crippen LogP contribution in [0.1, 0.15) is 17.7 Å². The molecule has 1 heterocycles. The van der Waals surface area contributed by atoms with E-state index in [2.05, 4.69) is 22.4 Å². The number of nitrogens with one attached hydrogen (secondary N) is 1. The second-order valence-corrected chi connectivity index (χ2v) is 6.78. The second-order valence-electron chi connectivity index (χ2n) is 6.78. The molecule has 168 valence electrons. The Balaban J connectivity index is 0.00000240. The predicted molar refractivity (Wildman–Crippen MR) is 123 cm³/mol. The maximum Gasteiger partial charge on any atom is 0.237 e. The molecule has 3 rings (SSSR count). The molecule has 0 fully saturated rings. The fourth-order valence-electron chi connectivity index (χ4n) is 2.85. The molecule has 0 aliphatic carbocycles. The van der Waals surface area contributed by atoms with Gasteiger partial charge >= 0.3 is 0 Å². The molecule has 9 heteroatoms. The van der Waals surface area contributed by atoms with Gasteiger partial charge in [-0.15, -0.1) is 24.8 Å². The van der Waals surface area contributed by atoms with Crippen molar-refractivity contribution >= 4 is 30.7 Å². The summed E-state index contributed by atoms with van der Waals surface area (Å²) in [5.74, 6) is 0.0772. The minimum atomic E-state index is -0.659. The Hall–Kier alpha value is -2.61. The zero-order chi connectivity index (χ0) is 20.5. The van der Waals surface area contributed by atoms with E-state index in [9.17, 15) is 9.18 Å². The summed E-state index contributed by atoms with van der Waals surface area (Å²) in [5.41, 5.74) is 7.97. The maximum atomic E-state index is 12.8. The molecule has 2 aromatic carbocycles. The molecule has 3 N–H and O–H groups in total. The number of benzene rings is 2. The van der Waals surface area contributed by atoms with E-state index in [4.69, 9.17) is 10.5 Å². The lowest BCUT2D eigenvalue weighted by molar-refractivity contribution is -0.122. The van der Waals surface area contributed by atoms with Crippen molar-refractivity contribution in [2.75, 3.05) is 13.2 Å². The van der Waals surface area contributed by atoms with Gasteiger partial charge in [0, 0.05) is 25.7 Å². The van der Waals surface area contributed by atoms with E-state index in [-0.39, 0.29) is 36.5 Å². The maximum absolute atomic E-state index is 12.8. The fourth-order valence-corrected chi connectivity index (χ4v) is 2.85. The molecule has 0 spiro atoms. The summed E-state index contributed by atoms with van der Waals surface area (Å²) < 4.78 is 20.3. The highest BCUT2D eigenvalue weighted by Crippen LogP contribution is 2.11. The van der Waals surface area contributed by atoms with Gasteiger partial charge in [0.05, 0.1) is 24.7 Å². The first-order chi connectivity index (χ1) is 14.1. The minimum absolute atomic E-state index is 0. The van der Waals surface area contributed by atoms with Crippen molar-refractivity contribution in [2.45, 2.75) is 25.4 Å². The number of aromatic nitrogens is 2. The van der Waals surface area contributed by atoms with E-state index >= 15 is 0 Å². The molecule has 0 bridgehead atoms. The standard InChI is InChI=1S/C22H25FN4O2.2ClH/c23-18-7-9-20(10-8-18)29-12-4-11-25-22(28)21(24)13-19-15-27(16-26-19)14-17-5-2-1-3-6-17;;/h1-3,5-10,15-16,21H,4,11-14,24H2,(H,25,28);2*1H/t21-;;/m0../s1. The molecule has 31 heavy (non-hydrogen) atoms. The number of ether oxygens (including phenoxy) is 1. The summed E-state index contributed by atoms with van der Waals surface area (Å²) >= 11 is 0. The lowest BCUT2D eigenvalue weighted by Crippen LogP contribution is -2.42. The predicted octanol–water partition coefficient (Wildman–Crippen LogP) is 3.37. The van der Waals surface area contributed by atoms with E-state index < -0.39 is 6.04 Å². The quantitative estimate of drug-likeness (QED) is 0.446. The lowest BCUT2D eigenvalue weighted by Gasteiger charge is -2.11. The van der Waals surface area contributed by atoms with Gasteiger partial charge in [-0.2, -0.15) is 0 Å². The Morgan fingerprint density at radius 1 is 1.13 bits per heavy atom. The monoisotopic (exact) mass is 468 g/mol. The molecule has 3 aromatic rings. The van der Waals surface area contributed by atoms with Crippen LogP contribution in [0.25, 0.3) is 0 Å². The van der Waals surface area contributed by atoms with Gasteiger partial charge < -0.3 is 20.4 Å². The number of carbonyl (C=O) groups is 1. The second kappa shape index (κ2) is 13.6. The van der Waals surface area contributed by atoms with Crippen molar-refractivity contribution < 1.29 is 13.9 Å². The van der Waals surface area contributed by atoms with Gasteiger partial charge in [-0.25, -0.2) is 9.37 Å². The van der Waals surface area contributed by atoms with E-state index in [0.29, 0.717) is 31.7 Å². The molecular formula is C22H27Cl2FN4O2. The summed E-state index contributed by atoms with van der Waals surface area (Å²) in [6.45, 7) is 1.60. The van der Waals surface area contributed by atoms with E-state index in [1.54, 1.807) is 18.5 Å². The number of halogens is 3. The van der Waals surface area contributed by atoms with Crippen LogP contribution in [-0.4, -0.2) is 34.7 Å². The molecular weight excluding hydrogens is 442 g/mol. The third-order valence-electron chi connectivity index (χ3n) is 4.36. The van der Waals surface area contributed by atoms with Gasteiger partial charge in [-0.05, 0) is 36.2 Å². The van der Waals surface area contributed by atoms with Crippen molar-refractivity contribution in [3.63, 3.8) is 0 Å². The Labute approximate surface area is 193 Å².